The maximum absolute atomic E-state index is 13.6. The molecular weight excluding hydrogens is 484 g/mol. The van der Waals surface area contributed by atoms with Gasteiger partial charge in [0.15, 0.2) is 5.75 Å². The summed E-state index contributed by atoms with van der Waals surface area (Å²) in [5.74, 6) is 0.163. The summed E-state index contributed by atoms with van der Waals surface area (Å²) in [5, 5.41) is 3.55. The van der Waals surface area contributed by atoms with Crippen LogP contribution in [0.5, 0.6) is 23.0 Å². The fourth-order valence-corrected chi connectivity index (χ4v) is 5.17. The van der Waals surface area contributed by atoms with Gasteiger partial charge in [0.25, 0.3) is 0 Å². The monoisotopic (exact) mass is 514 g/mol. The molecule has 0 amide bonds. The molecule has 0 saturated carbocycles. The van der Waals surface area contributed by atoms with Crippen LogP contribution < -0.4 is 24.3 Å². The zero-order valence-corrected chi connectivity index (χ0v) is 22.1. The topological polar surface area (TPSA) is 86.3 Å². The van der Waals surface area contributed by atoms with Gasteiger partial charge < -0.3 is 29.2 Å². The Morgan fingerprint density at radius 2 is 1.78 bits per heavy atom. The van der Waals surface area contributed by atoms with Crippen LogP contribution in [0, 0.1) is 5.92 Å². The molecule has 36 heavy (non-hydrogen) atoms. The normalized spacial score (nSPS) is 21.7. The first-order valence-corrected chi connectivity index (χ1v) is 12.0. The minimum absolute atomic E-state index is 0.0576. The summed E-state index contributed by atoms with van der Waals surface area (Å²) in [4.78, 5) is 29.2. The quantitative estimate of drug-likeness (QED) is 0.528. The van der Waals surface area contributed by atoms with Crippen LogP contribution in [-0.4, -0.2) is 64.0 Å². The molecule has 3 atom stereocenters. The van der Waals surface area contributed by atoms with Gasteiger partial charge in [-0.15, -0.1) is 0 Å². The Balaban J connectivity index is 1.58. The Morgan fingerprint density at radius 1 is 1.11 bits per heavy atom. The number of hydrogen-bond donors (Lipinski definition) is 1. The second-order valence-electron chi connectivity index (χ2n) is 9.24. The van der Waals surface area contributed by atoms with Gasteiger partial charge in [-0.05, 0) is 38.2 Å². The lowest BCUT2D eigenvalue weighted by Crippen LogP contribution is -2.55. The van der Waals surface area contributed by atoms with Crippen molar-refractivity contribution in [2.75, 3.05) is 42.0 Å². The Hall–Kier alpha value is -3.23. The number of halogens is 1. The van der Waals surface area contributed by atoms with Crippen molar-refractivity contribution in [3.63, 3.8) is 0 Å². The summed E-state index contributed by atoms with van der Waals surface area (Å²) in [6.45, 7) is 2.41. The Kier molecular flexibility index (Phi) is 7.20. The molecule has 9 heteroatoms. The van der Waals surface area contributed by atoms with Gasteiger partial charge in [-0.3, -0.25) is 9.59 Å². The third-order valence-corrected chi connectivity index (χ3v) is 7.31. The SMILES string of the molecule is COc1ccc([C@H](CNC2=CC(=O)[C@@]3(Oc4c(Cl)c(OC)cc(OC)c4C3=O)[C@H](C)C2)N(C)C)cc1. The molecule has 0 aromatic heterocycles. The summed E-state index contributed by atoms with van der Waals surface area (Å²) in [5.41, 5.74) is 0.344. The molecule has 0 bridgehead atoms. The van der Waals surface area contributed by atoms with E-state index in [1.807, 2.05) is 45.3 Å². The second kappa shape index (κ2) is 10.0. The highest BCUT2D eigenvalue weighted by Crippen LogP contribution is 2.52. The molecule has 2 aliphatic rings. The molecule has 0 saturated heterocycles. The van der Waals surface area contributed by atoms with Crippen molar-refractivity contribution in [3.8, 4) is 23.0 Å². The molecule has 1 aliphatic heterocycles. The van der Waals surface area contributed by atoms with E-state index in [9.17, 15) is 9.59 Å². The van der Waals surface area contributed by atoms with Gasteiger partial charge in [0, 0.05) is 30.3 Å². The molecule has 1 aliphatic carbocycles. The van der Waals surface area contributed by atoms with Crippen LogP contribution in [0.25, 0.3) is 0 Å². The molecule has 0 fully saturated rings. The Labute approximate surface area is 216 Å². The predicted molar refractivity (Wildman–Crippen MR) is 137 cm³/mol. The number of nitrogens with one attached hydrogen (secondary N) is 1. The van der Waals surface area contributed by atoms with E-state index in [-0.39, 0.29) is 28.1 Å². The predicted octanol–water partition coefficient (Wildman–Crippen LogP) is 4.07. The summed E-state index contributed by atoms with van der Waals surface area (Å²) in [7, 11) is 8.55. The fraction of sp³-hybridized carbons (Fsp3) is 0.407. The number of hydrogen-bond acceptors (Lipinski definition) is 8. The standard InChI is InChI=1S/C27H31ClN2O6/c1-15-11-17(29-14-19(30(2)3)16-7-9-18(33-4)10-8-16)12-22(31)27(15)26(32)23-20(34-5)13-21(35-6)24(28)25(23)36-27/h7-10,12-13,15,19,29H,11,14H2,1-6H3/t15-,19+,27+/m1/s1. The van der Waals surface area contributed by atoms with E-state index in [2.05, 4.69) is 10.2 Å². The number of ketones is 2. The van der Waals surface area contributed by atoms with Crippen LogP contribution in [0.3, 0.4) is 0 Å². The number of rotatable bonds is 8. The third kappa shape index (κ3) is 4.18. The minimum Gasteiger partial charge on any atom is -0.497 e. The van der Waals surface area contributed by atoms with Crippen LogP contribution in [0.1, 0.15) is 35.3 Å². The molecule has 192 valence electrons. The van der Waals surface area contributed by atoms with Gasteiger partial charge in [0.05, 0.1) is 27.4 Å². The number of allylic oxidation sites excluding steroid dienone is 1. The number of Topliss-reactive ketones (excluding diaryl/α,β-unsaturated/α-hetero) is 1. The van der Waals surface area contributed by atoms with E-state index in [1.54, 1.807) is 7.11 Å². The molecule has 0 unspecified atom stereocenters. The number of methoxy groups -OCH3 is 3. The van der Waals surface area contributed by atoms with Crippen molar-refractivity contribution in [2.45, 2.75) is 25.0 Å². The summed E-state index contributed by atoms with van der Waals surface area (Å²) in [6.07, 6.45) is 1.92. The number of carbonyl (C=O) groups is 2. The first-order valence-electron chi connectivity index (χ1n) is 11.6. The zero-order chi connectivity index (χ0) is 26.2. The highest BCUT2D eigenvalue weighted by atomic mass is 35.5. The first kappa shape index (κ1) is 25.9. The lowest BCUT2D eigenvalue weighted by molar-refractivity contribution is -0.129. The second-order valence-corrected chi connectivity index (χ2v) is 9.62. The average Bonchev–Trinajstić information content (AvgIpc) is 3.18. The van der Waals surface area contributed by atoms with Crippen molar-refractivity contribution < 1.29 is 28.5 Å². The number of fused-ring (bicyclic) bond motifs is 1. The average molecular weight is 515 g/mol. The molecule has 1 spiro atoms. The van der Waals surface area contributed by atoms with E-state index in [0.29, 0.717) is 18.7 Å². The van der Waals surface area contributed by atoms with Gasteiger partial charge in [0.1, 0.15) is 27.8 Å². The Morgan fingerprint density at radius 3 is 2.33 bits per heavy atom. The number of benzene rings is 2. The summed E-state index contributed by atoms with van der Waals surface area (Å²) < 4.78 is 22.1. The molecule has 1 N–H and O–H groups in total. The number of carbonyl (C=O) groups excluding carboxylic acids is 2. The molecule has 1 heterocycles. The molecule has 4 rings (SSSR count). The summed E-state index contributed by atoms with van der Waals surface area (Å²) in [6, 6.07) is 9.49. The van der Waals surface area contributed by atoms with Crippen LogP contribution in [0.2, 0.25) is 5.02 Å². The largest absolute Gasteiger partial charge is 0.497 e. The van der Waals surface area contributed by atoms with Gasteiger partial charge in [0.2, 0.25) is 17.2 Å². The van der Waals surface area contributed by atoms with Crippen LogP contribution >= 0.6 is 11.6 Å². The smallest absolute Gasteiger partial charge is 0.236 e. The Bertz CT molecular complexity index is 1210. The van der Waals surface area contributed by atoms with Crippen LogP contribution in [-0.2, 0) is 4.79 Å². The van der Waals surface area contributed by atoms with Gasteiger partial charge in [-0.2, -0.15) is 0 Å². The number of nitrogens with zero attached hydrogens (tertiary/aromatic N) is 1. The lowest BCUT2D eigenvalue weighted by atomic mass is 9.74. The van der Waals surface area contributed by atoms with Crippen LogP contribution in [0.15, 0.2) is 42.1 Å². The van der Waals surface area contributed by atoms with E-state index in [0.717, 1.165) is 17.0 Å². The fourth-order valence-electron chi connectivity index (χ4n) is 4.90. The number of ether oxygens (including phenoxy) is 4. The highest BCUT2D eigenvalue weighted by molar-refractivity contribution is 6.36. The van der Waals surface area contributed by atoms with Gasteiger partial charge in [-0.1, -0.05) is 30.7 Å². The van der Waals surface area contributed by atoms with E-state index >= 15 is 0 Å². The van der Waals surface area contributed by atoms with Crippen molar-refractivity contribution in [2.24, 2.45) is 5.92 Å². The van der Waals surface area contributed by atoms with E-state index < -0.39 is 23.1 Å². The third-order valence-electron chi connectivity index (χ3n) is 6.96. The van der Waals surface area contributed by atoms with E-state index in [1.165, 1.54) is 26.4 Å². The number of likely N-dealkylation sites (N-methyl/N-ethyl adjacent to an activating group) is 1. The zero-order valence-electron chi connectivity index (χ0n) is 21.3. The maximum Gasteiger partial charge on any atom is 0.236 e. The lowest BCUT2D eigenvalue weighted by Gasteiger charge is -2.36. The van der Waals surface area contributed by atoms with Crippen molar-refractivity contribution >= 4 is 23.2 Å². The van der Waals surface area contributed by atoms with Crippen molar-refractivity contribution in [1.29, 1.82) is 0 Å². The summed E-state index contributed by atoms with van der Waals surface area (Å²) >= 11 is 6.46. The molecule has 2 aromatic rings. The molecule has 8 nitrogen and oxygen atoms in total. The molecule has 2 aromatic carbocycles. The maximum atomic E-state index is 13.6. The van der Waals surface area contributed by atoms with Crippen molar-refractivity contribution in [3.05, 3.63) is 58.3 Å². The van der Waals surface area contributed by atoms with Crippen molar-refractivity contribution in [1.82, 2.24) is 10.2 Å². The molecular formula is C27H31ClN2O6. The van der Waals surface area contributed by atoms with E-state index in [4.69, 9.17) is 30.5 Å². The first-order chi connectivity index (χ1) is 17.2. The molecule has 0 radical (unpaired) electrons. The minimum atomic E-state index is -1.69. The van der Waals surface area contributed by atoms with Gasteiger partial charge >= 0.3 is 0 Å². The van der Waals surface area contributed by atoms with Crippen LogP contribution in [0.4, 0.5) is 0 Å². The van der Waals surface area contributed by atoms with Gasteiger partial charge in [-0.25, -0.2) is 0 Å². The highest BCUT2D eigenvalue weighted by Gasteiger charge is 2.60.